The fraction of sp³-hybridized carbons (Fsp3) is 0.417. The third-order valence-electron chi connectivity index (χ3n) is 2.06. The summed E-state index contributed by atoms with van der Waals surface area (Å²) in [6, 6.07) is 7.25. The Morgan fingerprint density at radius 2 is 2.12 bits per heavy atom. The maximum Gasteiger partial charge on any atom is 0.310 e. The van der Waals surface area contributed by atoms with Crippen LogP contribution >= 0.6 is 11.6 Å². The first-order chi connectivity index (χ1) is 7.76. The number of rotatable bonds is 6. The fourth-order valence-electron chi connectivity index (χ4n) is 1.30. The molecule has 0 unspecified atom stereocenters. The first-order valence-corrected chi connectivity index (χ1v) is 5.70. The second-order valence-electron chi connectivity index (χ2n) is 3.42. The van der Waals surface area contributed by atoms with Gasteiger partial charge in [-0.15, -0.1) is 11.6 Å². The molecule has 0 aliphatic rings. The van der Waals surface area contributed by atoms with Crippen LogP contribution in [0, 0.1) is 0 Å². The first-order valence-electron chi connectivity index (χ1n) is 5.16. The van der Waals surface area contributed by atoms with E-state index in [9.17, 15) is 4.79 Å². The summed E-state index contributed by atoms with van der Waals surface area (Å²) < 4.78 is 4.97. The van der Waals surface area contributed by atoms with E-state index in [1.165, 1.54) is 0 Å². The van der Waals surface area contributed by atoms with E-state index in [0.717, 1.165) is 11.1 Å². The van der Waals surface area contributed by atoms with Crippen LogP contribution in [0.1, 0.15) is 17.5 Å². The van der Waals surface area contributed by atoms with Crippen LogP contribution in [0.2, 0.25) is 0 Å². The number of ether oxygens (including phenoxy) is 1. The highest BCUT2D eigenvalue weighted by Crippen LogP contribution is 2.06. The minimum atomic E-state index is -0.264. The zero-order chi connectivity index (χ0) is 11.8. The lowest BCUT2D eigenvalue weighted by Gasteiger charge is -2.04. The number of halogens is 1. The molecule has 0 aliphatic heterocycles. The molecule has 88 valence electrons. The van der Waals surface area contributed by atoms with Crippen molar-refractivity contribution in [3.8, 4) is 0 Å². The number of hydrogen-bond donors (Lipinski definition) is 1. The predicted molar refractivity (Wildman–Crippen MR) is 62.4 cm³/mol. The lowest BCUT2D eigenvalue weighted by atomic mass is 10.1. The van der Waals surface area contributed by atoms with Gasteiger partial charge in [-0.1, -0.05) is 24.3 Å². The predicted octanol–water partition coefficient (Wildman–Crippen LogP) is 1.89. The largest absolute Gasteiger partial charge is 0.465 e. The van der Waals surface area contributed by atoms with Crippen LogP contribution in [0.25, 0.3) is 0 Å². The summed E-state index contributed by atoms with van der Waals surface area (Å²) in [4.78, 5) is 11.4. The van der Waals surface area contributed by atoms with Crippen molar-refractivity contribution in [3.63, 3.8) is 0 Å². The van der Waals surface area contributed by atoms with Gasteiger partial charge in [-0.05, 0) is 17.5 Å². The Bertz CT molecular complexity index is 339. The molecule has 0 radical (unpaired) electrons. The van der Waals surface area contributed by atoms with Crippen molar-refractivity contribution in [3.05, 3.63) is 35.4 Å². The van der Waals surface area contributed by atoms with Gasteiger partial charge in [0.25, 0.3) is 0 Å². The molecule has 0 atom stereocenters. The second-order valence-corrected chi connectivity index (χ2v) is 3.80. The molecule has 0 bridgehead atoms. The van der Waals surface area contributed by atoms with E-state index in [-0.39, 0.29) is 19.0 Å². The van der Waals surface area contributed by atoms with E-state index in [1.54, 1.807) is 6.07 Å². The molecule has 0 heterocycles. The van der Waals surface area contributed by atoms with Gasteiger partial charge in [0.1, 0.15) is 0 Å². The fourth-order valence-corrected chi connectivity index (χ4v) is 1.41. The van der Waals surface area contributed by atoms with Crippen molar-refractivity contribution in [1.82, 2.24) is 0 Å². The normalized spacial score (nSPS) is 10.1. The van der Waals surface area contributed by atoms with Gasteiger partial charge in [0.2, 0.25) is 0 Å². The van der Waals surface area contributed by atoms with Crippen LogP contribution in [-0.2, 0) is 22.6 Å². The van der Waals surface area contributed by atoms with E-state index < -0.39 is 0 Å². The van der Waals surface area contributed by atoms with Crippen LogP contribution in [0.4, 0.5) is 0 Å². The summed E-state index contributed by atoms with van der Waals surface area (Å²) in [6.07, 6.45) is 0.903. The minimum absolute atomic E-state index is 0.0187. The van der Waals surface area contributed by atoms with Gasteiger partial charge in [0.15, 0.2) is 0 Å². The summed E-state index contributed by atoms with van der Waals surface area (Å²) in [5.74, 6) is 0.230. The Morgan fingerprint density at radius 3 is 2.81 bits per heavy atom. The third kappa shape index (κ3) is 4.64. The van der Waals surface area contributed by atoms with E-state index in [1.807, 2.05) is 18.2 Å². The maximum atomic E-state index is 11.4. The Balaban J connectivity index is 2.43. The van der Waals surface area contributed by atoms with Crippen molar-refractivity contribution in [2.45, 2.75) is 19.4 Å². The van der Waals surface area contributed by atoms with Gasteiger partial charge in [-0.25, -0.2) is 0 Å². The Hall–Kier alpha value is -1.06. The SMILES string of the molecule is O=C(Cc1cccc(CO)c1)OCCCCl. The van der Waals surface area contributed by atoms with Crippen molar-refractivity contribution in [2.75, 3.05) is 12.5 Å². The molecule has 1 rings (SSSR count). The Kier molecular flexibility index (Phi) is 5.90. The molecule has 0 amide bonds. The monoisotopic (exact) mass is 242 g/mol. The van der Waals surface area contributed by atoms with Gasteiger partial charge in [0, 0.05) is 5.88 Å². The highest BCUT2D eigenvalue weighted by Gasteiger charge is 2.04. The minimum Gasteiger partial charge on any atom is -0.465 e. The molecule has 0 fully saturated rings. The number of carbonyl (C=O) groups excluding carboxylic acids is 1. The summed E-state index contributed by atoms with van der Waals surface area (Å²) in [6.45, 7) is 0.344. The highest BCUT2D eigenvalue weighted by atomic mass is 35.5. The lowest BCUT2D eigenvalue weighted by Crippen LogP contribution is -2.09. The van der Waals surface area contributed by atoms with Gasteiger partial charge >= 0.3 is 5.97 Å². The van der Waals surface area contributed by atoms with E-state index in [4.69, 9.17) is 21.4 Å². The summed E-state index contributed by atoms with van der Waals surface area (Å²) in [5.41, 5.74) is 1.65. The van der Waals surface area contributed by atoms with E-state index in [0.29, 0.717) is 18.9 Å². The smallest absolute Gasteiger partial charge is 0.310 e. The molecular formula is C12H15ClO3. The van der Waals surface area contributed by atoms with Crippen molar-refractivity contribution in [1.29, 1.82) is 0 Å². The zero-order valence-corrected chi connectivity index (χ0v) is 9.74. The van der Waals surface area contributed by atoms with E-state index in [2.05, 4.69) is 0 Å². The number of benzene rings is 1. The van der Waals surface area contributed by atoms with Crippen molar-refractivity contribution < 1.29 is 14.6 Å². The van der Waals surface area contributed by atoms with Crippen molar-refractivity contribution in [2.24, 2.45) is 0 Å². The highest BCUT2D eigenvalue weighted by molar-refractivity contribution is 6.17. The first kappa shape index (κ1) is 13.0. The third-order valence-corrected chi connectivity index (χ3v) is 2.33. The molecule has 0 saturated carbocycles. The standard InChI is InChI=1S/C12H15ClO3/c13-5-2-6-16-12(15)8-10-3-1-4-11(7-10)9-14/h1,3-4,7,14H,2,5-6,8-9H2. The van der Waals surface area contributed by atoms with Gasteiger partial charge in [-0.3, -0.25) is 4.79 Å². The van der Waals surface area contributed by atoms with Gasteiger partial charge in [0.05, 0.1) is 19.6 Å². The molecule has 0 saturated heterocycles. The molecule has 1 aromatic rings. The second kappa shape index (κ2) is 7.25. The average molecular weight is 243 g/mol. The van der Waals surface area contributed by atoms with Crippen LogP contribution in [0.5, 0.6) is 0 Å². The van der Waals surface area contributed by atoms with Gasteiger partial charge in [-0.2, -0.15) is 0 Å². The maximum absolute atomic E-state index is 11.4. The van der Waals surface area contributed by atoms with Crippen LogP contribution in [-0.4, -0.2) is 23.6 Å². The van der Waals surface area contributed by atoms with Crippen LogP contribution in [0.15, 0.2) is 24.3 Å². The molecule has 0 aliphatic carbocycles. The molecule has 1 N–H and O–H groups in total. The summed E-state index contributed by atoms with van der Waals surface area (Å²) in [7, 11) is 0. The topological polar surface area (TPSA) is 46.5 Å². The Labute approximate surface area is 100.0 Å². The van der Waals surface area contributed by atoms with Crippen LogP contribution < -0.4 is 0 Å². The number of hydrogen-bond acceptors (Lipinski definition) is 3. The number of esters is 1. The quantitative estimate of drug-likeness (QED) is 0.471. The average Bonchev–Trinajstić information content (AvgIpc) is 2.29. The van der Waals surface area contributed by atoms with Crippen molar-refractivity contribution >= 4 is 17.6 Å². The molecule has 3 nitrogen and oxygen atoms in total. The number of aliphatic hydroxyl groups excluding tert-OH is 1. The summed E-state index contributed by atoms with van der Waals surface area (Å²) >= 11 is 5.47. The molecule has 16 heavy (non-hydrogen) atoms. The molecule has 0 spiro atoms. The molecular weight excluding hydrogens is 228 g/mol. The zero-order valence-electron chi connectivity index (χ0n) is 8.99. The van der Waals surface area contributed by atoms with Gasteiger partial charge < -0.3 is 9.84 Å². The molecule has 4 heteroatoms. The molecule has 0 aromatic heterocycles. The lowest BCUT2D eigenvalue weighted by molar-refractivity contribution is -0.142. The summed E-state index contributed by atoms with van der Waals surface area (Å²) in [5, 5.41) is 8.94. The van der Waals surface area contributed by atoms with E-state index >= 15 is 0 Å². The van der Waals surface area contributed by atoms with Crippen LogP contribution in [0.3, 0.4) is 0 Å². The number of aliphatic hydroxyl groups is 1. The number of carbonyl (C=O) groups is 1. The number of alkyl halides is 1. The molecule has 1 aromatic carbocycles. The Morgan fingerprint density at radius 1 is 1.38 bits per heavy atom.